The number of methoxy groups -OCH3 is 1. The fourth-order valence-electron chi connectivity index (χ4n) is 4.78. The quantitative estimate of drug-likeness (QED) is 0.379. The van der Waals surface area contributed by atoms with E-state index in [1.54, 1.807) is 13.4 Å². The van der Waals surface area contributed by atoms with Crippen LogP contribution in [0.25, 0.3) is 33.2 Å². The van der Waals surface area contributed by atoms with E-state index in [2.05, 4.69) is 30.9 Å². The van der Waals surface area contributed by atoms with E-state index in [-0.39, 0.29) is 12.2 Å². The van der Waals surface area contributed by atoms with E-state index in [0.717, 1.165) is 62.7 Å². The van der Waals surface area contributed by atoms with Gasteiger partial charge in [0.25, 0.3) is 0 Å². The molecule has 1 saturated heterocycles. The number of hydrogen-bond acceptors (Lipinski definition) is 6. The van der Waals surface area contributed by atoms with Crippen LogP contribution in [0.15, 0.2) is 71.9 Å². The third-order valence-corrected chi connectivity index (χ3v) is 7.29. The van der Waals surface area contributed by atoms with E-state index in [9.17, 15) is 4.21 Å². The highest BCUT2D eigenvalue weighted by Gasteiger charge is 2.23. The molecule has 1 aliphatic rings. The second-order valence-electron chi connectivity index (χ2n) is 8.95. The first-order valence-electron chi connectivity index (χ1n) is 11.7. The lowest BCUT2D eigenvalue weighted by Crippen LogP contribution is -2.45. The zero-order valence-electron chi connectivity index (χ0n) is 20.4. The number of nitrogens with zero attached hydrogens (tertiary/aromatic N) is 3. The molecular weight excluding hydrogens is 458 g/mol. The van der Waals surface area contributed by atoms with Crippen LogP contribution in [0.3, 0.4) is 0 Å². The Morgan fingerprint density at radius 3 is 2.26 bits per heavy atom. The van der Waals surface area contributed by atoms with Gasteiger partial charge in [-0.05, 0) is 49.7 Å². The molecule has 0 spiro atoms. The minimum Gasteiger partial charge on any atom is -0.495 e. The van der Waals surface area contributed by atoms with Crippen LogP contribution >= 0.6 is 0 Å². The van der Waals surface area contributed by atoms with Gasteiger partial charge in [0.05, 0.1) is 24.8 Å². The first kappa shape index (κ1) is 23.5. The Hall–Kier alpha value is -3.29. The van der Waals surface area contributed by atoms with Crippen molar-refractivity contribution in [3.05, 3.63) is 67.0 Å². The van der Waals surface area contributed by atoms with Gasteiger partial charge in [-0.15, -0.1) is 0 Å². The number of aromatic nitrogens is 2. The minimum absolute atomic E-state index is 0.180. The summed E-state index contributed by atoms with van der Waals surface area (Å²) in [5.41, 5.74) is 4.74. The molecule has 2 aromatic carbocycles. The highest BCUT2D eigenvalue weighted by molar-refractivity contribution is 7.84. The SMILES string of the molecule is COc1c(-c2ccc(N3CC(C)OC(C)C3)nc2)cnc2c(-c3ccc(S(C)=O)cc3)cccc12. The van der Waals surface area contributed by atoms with Crippen LogP contribution < -0.4 is 9.64 Å². The van der Waals surface area contributed by atoms with Gasteiger partial charge < -0.3 is 14.4 Å². The van der Waals surface area contributed by atoms with Gasteiger partial charge in [0.1, 0.15) is 11.6 Å². The molecule has 3 unspecified atom stereocenters. The van der Waals surface area contributed by atoms with Crippen molar-refractivity contribution in [1.82, 2.24) is 9.97 Å². The summed E-state index contributed by atoms with van der Waals surface area (Å²) < 4.78 is 23.5. The highest BCUT2D eigenvalue weighted by atomic mass is 32.2. The van der Waals surface area contributed by atoms with E-state index >= 15 is 0 Å². The molecule has 0 N–H and O–H groups in total. The molecule has 1 aliphatic heterocycles. The van der Waals surface area contributed by atoms with Crippen molar-refractivity contribution < 1.29 is 13.7 Å². The number of hydrogen-bond donors (Lipinski definition) is 0. The lowest BCUT2D eigenvalue weighted by molar-refractivity contribution is -0.00545. The van der Waals surface area contributed by atoms with Gasteiger partial charge in [-0.2, -0.15) is 0 Å². The van der Waals surface area contributed by atoms with E-state index in [1.807, 2.05) is 54.9 Å². The van der Waals surface area contributed by atoms with Gasteiger partial charge in [0, 0.05) is 69.5 Å². The molecule has 0 bridgehead atoms. The molecule has 180 valence electrons. The van der Waals surface area contributed by atoms with Crippen molar-refractivity contribution >= 4 is 27.5 Å². The zero-order chi connectivity index (χ0) is 24.5. The molecule has 3 heterocycles. The first-order valence-corrected chi connectivity index (χ1v) is 13.3. The summed E-state index contributed by atoms with van der Waals surface area (Å²) in [5, 5.41) is 0.936. The smallest absolute Gasteiger partial charge is 0.137 e. The van der Waals surface area contributed by atoms with Crippen LogP contribution in [-0.4, -0.2) is 52.8 Å². The summed E-state index contributed by atoms with van der Waals surface area (Å²) in [5.74, 6) is 1.72. The monoisotopic (exact) mass is 487 g/mol. The first-order chi connectivity index (χ1) is 16.9. The summed E-state index contributed by atoms with van der Waals surface area (Å²) >= 11 is 0. The van der Waals surface area contributed by atoms with Crippen LogP contribution in [0.5, 0.6) is 5.75 Å². The Kier molecular flexibility index (Phi) is 6.54. The molecule has 1 fully saturated rings. The third kappa shape index (κ3) is 4.66. The Morgan fingerprint density at radius 1 is 0.914 bits per heavy atom. The van der Waals surface area contributed by atoms with Gasteiger partial charge in [-0.1, -0.05) is 24.3 Å². The van der Waals surface area contributed by atoms with Gasteiger partial charge >= 0.3 is 0 Å². The van der Waals surface area contributed by atoms with Crippen molar-refractivity contribution in [2.45, 2.75) is 31.0 Å². The average Bonchev–Trinajstić information content (AvgIpc) is 2.87. The van der Waals surface area contributed by atoms with Gasteiger partial charge in [-0.3, -0.25) is 9.19 Å². The number of para-hydroxylation sites is 1. The van der Waals surface area contributed by atoms with Crippen molar-refractivity contribution in [2.75, 3.05) is 31.4 Å². The lowest BCUT2D eigenvalue weighted by Gasteiger charge is -2.36. The predicted octanol–water partition coefficient (Wildman–Crippen LogP) is 5.32. The Bertz CT molecular complexity index is 1360. The number of pyridine rings is 2. The summed E-state index contributed by atoms with van der Waals surface area (Å²) in [4.78, 5) is 12.7. The topological polar surface area (TPSA) is 64.6 Å². The second-order valence-corrected chi connectivity index (χ2v) is 10.3. The molecular formula is C28H29N3O3S. The largest absolute Gasteiger partial charge is 0.495 e. The summed E-state index contributed by atoms with van der Waals surface area (Å²) in [6.45, 7) is 5.84. The number of rotatable bonds is 5. The molecule has 3 atom stereocenters. The average molecular weight is 488 g/mol. The maximum Gasteiger partial charge on any atom is 0.137 e. The van der Waals surface area contributed by atoms with Crippen LogP contribution in [0.4, 0.5) is 5.82 Å². The van der Waals surface area contributed by atoms with Gasteiger partial charge in [0.15, 0.2) is 0 Å². The fraction of sp³-hybridized carbons (Fsp3) is 0.286. The van der Waals surface area contributed by atoms with Crippen molar-refractivity contribution in [3.63, 3.8) is 0 Å². The molecule has 4 aromatic rings. The number of benzene rings is 2. The zero-order valence-corrected chi connectivity index (χ0v) is 21.2. The molecule has 2 aromatic heterocycles. The summed E-state index contributed by atoms with van der Waals surface area (Å²) in [7, 11) is 0.681. The Labute approximate surface area is 208 Å². The minimum atomic E-state index is -1.01. The maximum absolute atomic E-state index is 11.8. The van der Waals surface area contributed by atoms with E-state index in [1.165, 1.54) is 0 Å². The molecule has 35 heavy (non-hydrogen) atoms. The van der Waals surface area contributed by atoms with Crippen LogP contribution in [0, 0.1) is 0 Å². The number of ether oxygens (including phenoxy) is 2. The van der Waals surface area contributed by atoms with E-state index in [0.29, 0.717) is 0 Å². The summed E-state index contributed by atoms with van der Waals surface area (Å²) in [6.07, 6.45) is 5.79. The number of anilines is 1. The maximum atomic E-state index is 11.8. The third-order valence-electron chi connectivity index (χ3n) is 6.35. The van der Waals surface area contributed by atoms with Gasteiger partial charge in [-0.25, -0.2) is 4.98 Å². The van der Waals surface area contributed by atoms with Crippen molar-refractivity contribution in [3.8, 4) is 28.0 Å². The van der Waals surface area contributed by atoms with Crippen LogP contribution in [0.2, 0.25) is 0 Å². The molecule has 0 radical (unpaired) electrons. The predicted molar refractivity (Wildman–Crippen MR) is 142 cm³/mol. The van der Waals surface area contributed by atoms with Crippen LogP contribution in [0.1, 0.15) is 13.8 Å². The van der Waals surface area contributed by atoms with Crippen molar-refractivity contribution in [1.29, 1.82) is 0 Å². The second kappa shape index (κ2) is 9.76. The molecule has 0 saturated carbocycles. The standard InChI is InChI=1S/C28H29N3O3S/c1-18-16-31(17-19(2)34-18)26-13-10-21(14-29-26)25-15-30-27-23(6-5-7-24(27)28(25)33-3)20-8-11-22(12-9-20)35(4)32/h5-15,18-19H,16-17H2,1-4H3. The molecule has 6 nitrogen and oxygen atoms in total. The molecule has 0 amide bonds. The molecule has 7 heteroatoms. The molecule has 0 aliphatic carbocycles. The number of morpholine rings is 1. The fourth-order valence-corrected chi connectivity index (χ4v) is 5.30. The normalized spacial score (nSPS) is 19.0. The molecule has 5 rings (SSSR count). The van der Waals surface area contributed by atoms with Crippen LogP contribution in [-0.2, 0) is 15.5 Å². The van der Waals surface area contributed by atoms with E-state index in [4.69, 9.17) is 19.4 Å². The Balaban J connectivity index is 1.51. The Morgan fingerprint density at radius 2 is 1.63 bits per heavy atom. The van der Waals surface area contributed by atoms with Gasteiger partial charge in [0.2, 0.25) is 0 Å². The highest BCUT2D eigenvalue weighted by Crippen LogP contribution is 2.39. The summed E-state index contributed by atoms with van der Waals surface area (Å²) in [6, 6.07) is 18.0. The number of fused-ring (bicyclic) bond motifs is 1. The van der Waals surface area contributed by atoms with Crippen molar-refractivity contribution in [2.24, 2.45) is 0 Å². The lowest BCUT2D eigenvalue weighted by atomic mass is 9.99. The van der Waals surface area contributed by atoms with E-state index < -0.39 is 10.8 Å².